The third kappa shape index (κ3) is 3.31. The summed E-state index contributed by atoms with van der Waals surface area (Å²) in [6, 6.07) is 15.1. The van der Waals surface area contributed by atoms with Gasteiger partial charge < -0.3 is 9.67 Å². The topological polar surface area (TPSA) is 54.6 Å². The molecule has 0 fully saturated rings. The van der Waals surface area contributed by atoms with Crippen molar-refractivity contribution < 1.29 is 9.90 Å². The van der Waals surface area contributed by atoms with E-state index in [4.69, 9.17) is 5.11 Å². The molecule has 0 atom stereocenters. The Labute approximate surface area is 144 Å². The largest absolute Gasteiger partial charge is 0.478 e. The third-order valence-electron chi connectivity index (χ3n) is 3.80. The van der Waals surface area contributed by atoms with Gasteiger partial charge in [0.1, 0.15) is 0 Å². The minimum Gasteiger partial charge on any atom is -0.478 e. The fourth-order valence-corrected chi connectivity index (χ4v) is 3.46. The van der Waals surface area contributed by atoms with Crippen molar-refractivity contribution in [2.75, 3.05) is 0 Å². The second kappa shape index (κ2) is 6.84. The van der Waals surface area contributed by atoms with Crippen LogP contribution in [0.15, 0.2) is 58.9 Å². The highest BCUT2D eigenvalue weighted by atomic mass is 32.1. The Balaban J connectivity index is 2.02. The number of hydrogen-bond donors (Lipinski definition) is 1. The van der Waals surface area contributed by atoms with Crippen molar-refractivity contribution in [1.29, 1.82) is 0 Å². The van der Waals surface area contributed by atoms with Gasteiger partial charge in [0, 0.05) is 11.9 Å². The predicted molar refractivity (Wildman–Crippen MR) is 96.8 cm³/mol. The molecule has 0 amide bonds. The van der Waals surface area contributed by atoms with Gasteiger partial charge in [-0.3, -0.25) is 0 Å². The molecule has 122 valence electrons. The summed E-state index contributed by atoms with van der Waals surface area (Å²) in [5.74, 6) is -0.928. The Hall–Kier alpha value is -2.66. The van der Waals surface area contributed by atoms with E-state index in [-0.39, 0.29) is 5.56 Å². The fraction of sp³-hybridized carbons (Fsp3) is 0.158. The Bertz CT molecular complexity index is 919. The van der Waals surface area contributed by atoms with E-state index in [0.717, 1.165) is 22.7 Å². The first kappa shape index (κ1) is 16.2. The van der Waals surface area contributed by atoms with Gasteiger partial charge in [0.2, 0.25) is 0 Å². The van der Waals surface area contributed by atoms with Crippen LogP contribution >= 0.6 is 11.3 Å². The zero-order valence-corrected chi connectivity index (χ0v) is 14.4. The number of nitrogens with zero attached hydrogens (tertiary/aromatic N) is 2. The summed E-state index contributed by atoms with van der Waals surface area (Å²) in [6.45, 7) is 4.99. The van der Waals surface area contributed by atoms with Crippen molar-refractivity contribution in [2.24, 2.45) is 4.99 Å². The highest BCUT2D eigenvalue weighted by Gasteiger charge is 2.07. The normalized spacial score (nSPS) is 11.7. The summed E-state index contributed by atoms with van der Waals surface area (Å²) in [7, 11) is 0. The highest BCUT2D eigenvalue weighted by Crippen LogP contribution is 2.21. The molecule has 1 N–H and O–H groups in total. The Morgan fingerprint density at radius 2 is 1.79 bits per heavy atom. The van der Waals surface area contributed by atoms with E-state index in [1.807, 2.05) is 0 Å². The van der Waals surface area contributed by atoms with Gasteiger partial charge in [-0.15, -0.1) is 11.3 Å². The minimum atomic E-state index is -0.928. The van der Waals surface area contributed by atoms with Crippen molar-refractivity contribution in [2.45, 2.75) is 20.4 Å². The van der Waals surface area contributed by atoms with Gasteiger partial charge >= 0.3 is 5.97 Å². The van der Waals surface area contributed by atoms with E-state index in [0.29, 0.717) is 0 Å². The predicted octanol–water partition coefficient (Wildman–Crippen LogP) is 4.48. The number of benzene rings is 2. The molecule has 2 aromatic carbocycles. The molecule has 0 bridgehead atoms. The second-order valence-electron chi connectivity index (χ2n) is 5.48. The zero-order valence-electron chi connectivity index (χ0n) is 13.6. The fourth-order valence-electron chi connectivity index (χ4n) is 2.47. The van der Waals surface area contributed by atoms with Crippen molar-refractivity contribution in [3.05, 3.63) is 69.8 Å². The Morgan fingerprint density at radius 1 is 1.12 bits per heavy atom. The molecular weight excluding hydrogens is 320 g/mol. The number of carboxylic acids is 1. The molecule has 3 rings (SSSR count). The van der Waals surface area contributed by atoms with E-state index in [1.54, 1.807) is 35.6 Å². The Morgan fingerprint density at radius 3 is 2.38 bits per heavy atom. The Kier molecular flexibility index (Phi) is 4.62. The van der Waals surface area contributed by atoms with Crippen molar-refractivity contribution in [3.63, 3.8) is 0 Å². The van der Waals surface area contributed by atoms with Crippen LogP contribution in [0.1, 0.15) is 22.8 Å². The smallest absolute Gasteiger partial charge is 0.335 e. The number of hydrogen-bond acceptors (Lipinski definition) is 3. The van der Waals surface area contributed by atoms with Crippen LogP contribution in [-0.4, -0.2) is 15.6 Å². The SMILES string of the molecule is CCn1c(-c2ccc(C)cc2)csc1=Nc1ccc(C(=O)O)cc1. The first-order chi connectivity index (χ1) is 11.6. The molecule has 4 nitrogen and oxygen atoms in total. The number of rotatable bonds is 4. The molecule has 24 heavy (non-hydrogen) atoms. The number of carboxylic acid groups (broad SMARTS) is 1. The van der Waals surface area contributed by atoms with Crippen LogP contribution in [0.3, 0.4) is 0 Å². The third-order valence-corrected chi connectivity index (χ3v) is 4.66. The molecule has 0 aliphatic carbocycles. The summed E-state index contributed by atoms with van der Waals surface area (Å²) < 4.78 is 2.17. The lowest BCUT2D eigenvalue weighted by atomic mass is 10.1. The van der Waals surface area contributed by atoms with E-state index < -0.39 is 5.97 Å². The first-order valence-corrected chi connectivity index (χ1v) is 8.60. The monoisotopic (exact) mass is 338 g/mol. The van der Waals surface area contributed by atoms with Crippen molar-refractivity contribution in [3.8, 4) is 11.3 Å². The van der Waals surface area contributed by atoms with Crippen LogP contribution in [-0.2, 0) is 6.54 Å². The van der Waals surface area contributed by atoms with Gasteiger partial charge in [0.25, 0.3) is 0 Å². The van der Waals surface area contributed by atoms with Gasteiger partial charge in [-0.1, -0.05) is 29.8 Å². The summed E-state index contributed by atoms with van der Waals surface area (Å²) >= 11 is 1.59. The molecule has 0 spiro atoms. The molecule has 5 heteroatoms. The van der Waals surface area contributed by atoms with Crippen LogP contribution in [0.25, 0.3) is 11.3 Å². The molecule has 1 aromatic heterocycles. The van der Waals surface area contributed by atoms with Crippen LogP contribution in [0.4, 0.5) is 5.69 Å². The average Bonchev–Trinajstić information content (AvgIpc) is 2.98. The molecule has 0 saturated carbocycles. The standard InChI is InChI=1S/C19H18N2O2S/c1-3-21-17(14-6-4-13(2)5-7-14)12-24-19(21)20-16-10-8-15(9-11-16)18(22)23/h4-12H,3H2,1-2H3,(H,22,23). The van der Waals surface area contributed by atoms with Crippen molar-refractivity contribution >= 4 is 23.0 Å². The van der Waals surface area contributed by atoms with Crippen LogP contribution < -0.4 is 4.80 Å². The van der Waals surface area contributed by atoms with E-state index in [2.05, 4.69) is 53.1 Å². The molecule has 0 aliphatic heterocycles. The van der Waals surface area contributed by atoms with E-state index >= 15 is 0 Å². The van der Waals surface area contributed by atoms with E-state index in [1.165, 1.54) is 11.1 Å². The van der Waals surface area contributed by atoms with Crippen LogP contribution in [0, 0.1) is 6.92 Å². The number of thiazole rings is 1. The number of carbonyl (C=O) groups is 1. The van der Waals surface area contributed by atoms with Gasteiger partial charge in [-0.2, -0.15) is 0 Å². The van der Waals surface area contributed by atoms with Crippen molar-refractivity contribution in [1.82, 2.24) is 4.57 Å². The minimum absolute atomic E-state index is 0.267. The zero-order chi connectivity index (χ0) is 17.1. The lowest BCUT2D eigenvalue weighted by molar-refractivity contribution is 0.0697. The molecule has 3 aromatic rings. The number of aromatic nitrogens is 1. The van der Waals surface area contributed by atoms with Gasteiger partial charge in [0.15, 0.2) is 4.80 Å². The van der Waals surface area contributed by atoms with Crippen LogP contribution in [0.5, 0.6) is 0 Å². The highest BCUT2D eigenvalue weighted by molar-refractivity contribution is 7.07. The van der Waals surface area contributed by atoms with E-state index in [9.17, 15) is 4.79 Å². The molecular formula is C19H18N2O2S. The molecule has 0 saturated heterocycles. The summed E-state index contributed by atoms with van der Waals surface area (Å²) in [5.41, 5.74) is 4.56. The maximum absolute atomic E-state index is 10.9. The molecule has 0 radical (unpaired) electrons. The lowest BCUT2D eigenvalue weighted by Gasteiger charge is -2.06. The average molecular weight is 338 g/mol. The lowest BCUT2D eigenvalue weighted by Crippen LogP contribution is -2.14. The molecule has 0 aliphatic rings. The molecule has 1 heterocycles. The summed E-state index contributed by atoms with van der Waals surface area (Å²) in [6.07, 6.45) is 0. The maximum atomic E-state index is 10.9. The maximum Gasteiger partial charge on any atom is 0.335 e. The van der Waals surface area contributed by atoms with Gasteiger partial charge in [0.05, 0.1) is 16.9 Å². The molecule has 0 unspecified atom stereocenters. The summed E-state index contributed by atoms with van der Waals surface area (Å²) in [5, 5.41) is 11.1. The quantitative estimate of drug-likeness (QED) is 0.763. The number of aryl methyl sites for hydroxylation is 1. The van der Waals surface area contributed by atoms with Crippen LogP contribution in [0.2, 0.25) is 0 Å². The summed E-state index contributed by atoms with van der Waals surface area (Å²) in [4.78, 5) is 16.5. The first-order valence-electron chi connectivity index (χ1n) is 7.72. The van der Waals surface area contributed by atoms with Gasteiger partial charge in [-0.05, 0) is 43.7 Å². The number of aromatic carboxylic acids is 1. The van der Waals surface area contributed by atoms with Gasteiger partial charge in [-0.25, -0.2) is 9.79 Å². The second-order valence-corrected chi connectivity index (χ2v) is 6.31.